The molecule has 3 nitrogen and oxygen atoms in total. The van der Waals surface area contributed by atoms with Crippen molar-refractivity contribution in [3.8, 4) is 0 Å². The SMILES string of the molecule is CC(O)(CN)CCCCN1CCC2CCCCC2C1. The van der Waals surface area contributed by atoms with Gasteiger partial charge in [-0.15, -0.1) is 0 Å². The summed E-state index contributed by atoms with van der Waals surface area (Å²) in [5.41, 5.74) is 4.89. The molecule has 1 saturated carbocycles. The summed E-state index contributed by atoms with van der Waals surface area (Å²) in [5, 5.41) is 9.88. The van der Waals surface area contributed by atoms with Gasteiger partial charge in [0.25, 0.3) is 0 Å². The number of nitrogens with zero attached hydrogens (tertiary/aromatic N) is 1. The number of hydrogen-bond donors (Lipinski definition) is 2. The number of aliphatic hydroxyl groups is 1. The molecule has 1 aliphatic heterocycles. The van der Waals surface area contributed by atoms with Crippen LogP contribution in [0.2, 0.25) is 0 Å². The topological polar surface area (TPSA) is 49.5 Å². The van der Waals surface area contributed by atoms with E-state index in [1.807, 2.05) is 6.92 Å². The van der Waals surface area contributed by atoms with Crippen LogP contribution in [0.15, 0.2) is 0 Å². The fourth-order valence-corrected chi connectivity index (χ4v) is 3.82. The van der Waals surface area contributed by atoms with Crippen molar-refractivity contribution in [3.05, 3.63) is 0 Å². The largest absolute Gasteiger partial charge is 0.389 e. The Morgan fingerprint density at radius 1 is 1.16 bits per heavy atom. The van der Waals surface area contributed by atoms with E-state index in [1.165, 1.54) is 58.2 Å². The fraction of sp³-hybridized carbons (Fsp3) is 1.00. The van der Waals surface area contributed by atoms with Gasteiger partial charge in [-0.2, -0.15) is 0 Å². The fourth-order valence-electron chi connectivity index (χ4n) is 3.82. The highest BCUT2D eigenvalue weighted by Crippen LogP contribution is 2.36. The van der Waals surface area contributed by atoms with Crippen LogP contribution in [-0.4, -0.2) is 41.8 Å². The minimum absolute atomic E-state index is 0.375. The predicted octanol–water partition coefficient (Wildman–Crippen LogP) is 2.38. The van der Waals surface area contributed by atoms with Gasteiger partial charge < -0.3 is 15.7 Å². The van der Waals surface area contributed by atoms with Crippen molar-refractivity contribution in [1.82, 2.24) is 4.90 Å². The number of piperidine rings is 1. The summed E-state index contributed by atoms with van der Waals surface area (Å²) in [5.74, 6) is 2.01. The maximum absolute atomic E-state index is 9.88. The standard InChI is InChI=1S/C16H32N2O/c1-16(19,13-17)9-4-5-10-18-11-8-14-6-2-3-7-15(14)12-18/h14-15,19H,2-13,17H2,1H3. The summed E-state index contributed by atoms with van der Waals surface area (Å²) in [7, 11) is 0. The molecule has 1 heterocycles. The Balaban J connectivity index is 1.62. The molecule has 0 aromatic rings. The van der Waals surface area contributed by atoms with E-state index in [-0.39, 0.29) is 0 Å². The molecule has 0 bridgehead atoms. The van der Waals surface area contributed by atoms with Crippen LogP contribution < -0.4 is 5.73 Å². The van der Waals surface area contributed by atoms with Gasteiger partial charge in [0.05, 0.1) is 5.60 Å². The van der Waals surface area contributed by atoms with Crippen molar-refractivity contribution in [2.24, 2.45) is 17.6 Å². The first-order valence-electron chi connectivity index (χ1n) is 8.25. The van der Waals surface area contributed by atoms with Crippen molar-refractivity contribution in [1.29, 1.82) is 0 Å². The molecule has 0 spiro atoms. The Labute approximate surface area is 118 Å². The van der Waals surface area contributed by atoms with Crippen molar-refractivity contribution in [2.45, 2.75) is 63.9 Å². The van der Waals surface area contributed by atoms with Gasteiger partial charge in [0.2, 0.25) is 0 Å². The molecule has 19 heavy (non-hydrogen) atoms. The monoisotopic (exact) mass is 268 g/mol. The van der Waals surface area contributed by atoms with Gasteiger partial charge in [-0.25, -0.2) is 0 Å². The van der Waals surface area contributed by atoms with Crippen LogP contribution in [0.3, 0.4) is 0 Å². The van der Waals surface area contributed by atoms with Gasteiger partial charge in [0.15, 0.2) is 0 Å². The first-order chi connectivity index (χ1) is 9.11. The van der Waals surface area contributed by atoms with Crippen molar-refractivity contribution >= 4 is 0 Å². The van der Waals surface area contributed by atoms with E-state index in [1.54, 1.807) is 0 Å². The van der Waals surface area contributed by atoms with E-state index in [0.29, 0.717) is 6.54 Å². The van der Waals surface area contributed by atoms with E-state index in [4.69, 9.17) is 5.73 Å². The number of unbranched alkanes of at least 4 members (excludes halogenated alkanes) is 1. The molecule has 2 fully saturated rings. The predicted molar refractivity (Wildman–Crippen MR) is 80.0 cm³/mol. The summed E-state index contributed by atoms with van der Waals surface area (Å²) >= 11 is 0. The van der Waals surface area contributed by atoms with Crippen LogP contribution in [-0.2, 0) is 0 Å². The molecule has 2 rings (SSSR count). The number of likely N-dealkylation sites (tertiary alicyclic amines) is 1. The second-order valence-electron chi connectivity index (χ2n) is 7.05. The van der Waals surface area contributed by atoms with Crippen molar-refractivity contribution < 1.29 is 5.11 Å². The first kappa shape index (κ1) is 15.3. The molecular weight excluding hydrogens is 236 g/mol. The van der Waals surface area contributed by atoms with Crippen LogP contribution >= 0.6 is 0 Å². The normalized spacial score (nSPS) is 31.7. The molecule has 3 heteroatoms. The van der Waals surface area contributed by atoms with E-state index in [2.05, 4.69) is 4.90 Å². The third kappa shape index (κ3) is 4.73. The molecule has 3 atom stereocenters. The molecule has 1 saturated heterocycles. The highest BCUT2D eigenvalue weighted by atomic mass is 16.3. The highest BCUT2D eigenvalue weighted by molar-refractivity contribution is 4.83. The third-order valence-corrected chi connectivity index (χ3v) is 5.25. The lowest BCUT2D eigenvalue weighted by molar-refractivity contribution is 0.0532. The number of fused-ring (bicyclic) bond motifs is 1. The molecular formula is C16H32N2O. The van der Waals surface area contributed by atoms with Crippen LogP contribution in [0.5, 0.6) is 0 Å². The molecule has 112 valence electrons. The summed E-state index contributed by atoms with van der Waals surface area (Å²) < 4.78 is 0. The Morgan fingerprint density at radius 3 is 2.63 bits per heavy atom. The molecule has 0 amide bonds. The molecule has 1 aliphatic carbocycles. The van der Waals surface area contributed by atoms with Gasteiger partial charge in [-0.05, 0) is 64.0 Å². The lowest BCUT2D eigenvalue weighted by Crippen LogP contribution is -2.42. The first-order valence-corrected chi connectivity index (χ1v) is 8.25. The molecule has 2 aliphatic rings. The van der Waals surface area contributed by atoms with Crippen LogP contribution in [0, 0.1) is 11.8 Å². The van der Waals surface area contributed by atoms with E-state index < -0.39 is 5.60 Å². The molecule has 0 aromatic heterocycles. The van der Waals surface area contributed by atoms with Crippen molar-refractivity contribution in [3.63, 3.8) is 0 Å². The molecule has 3 unspecified atom stereocenters. The third-order valence-electron chi connectivity index (χ3n) is 5.25. The summed E-state index contributed by atoms with van der Waals surface area (Å²) in [4.78, 5) is 2.66. The highest BCUT2D eigenvalue weighted by Gasteiger charge is 2.30. The number of rotatable bonds is 6. The Morgan fingerprint density at radius 2 is 1.89 bits per heavy atom. The quantitative estimate of drug-likeness (QED) is 0.727. The van der Waals surface area contributed by atoms with E-state index in [9.17, 15) is 5.11 Å². The van der Waals surface area contributed by atoms with Crippen LogP contribution in [0.4, 0.5) is 0 Å². The second kappa shape index (κ2) is 7.05. The maximum atomic E-state index is 9.88. The molecule has 3 N–H and O–H groups in total. The summed E-state index contributed by atoms with van der Waals surface area (Å²) in [6.45, 7) is 6.07. The molecule has 0 aromatic carbocycles. The summed E-state index contributed by atoms with van der Waals surface area (Å²) in [6, 6.07) is 0. The van der Waals surface area contributed by atoms with Gasteiger partial charge in [0, 0.05) is 13.1 Å². The van der Waals surface area contributed by atoms with E-state index >= 15 is 0 Å². The van der Waals surface area contributed by atoms with Gasteiger partial charge in [-0.1, -0.05) is 19.3 Å². The van der Waals surface area contributed by atoms with Crippen LogP contribution in [0.25, 0.3) is 0 Å². The Hall–Kier alpha value is -0.120. The number of hydrogen-bond acceptors (Lipinski definition) is 3. The Kier molecular flexibility index (Phi) is 5.67. The van der Waals surface area contributed by atoms with Crippen LogP contribution in [0.1, 0.15) is 58.3 Å². The minimum atomic E-state index is -0.656. The van der Waals surface area contributed by atoms with Gasteiger partial charge >= 0.3 is 0 Å². The summed E-state index contributed by atoms with van der Waals surface area (Å²) in [6.07, 6.45) is 10.4. The molecule has 0 radical (unpaired) electrons. The van der Waals surface area contributed by atoms with Gasteiger partial charge in [0.1, 0.15) is 0 Å². The average Bonchev–Trinajstić information content (AvgIpc) is 2.43. The second-order valence-corrected chi connectivity index (χ2v) is 7.05. The zero-order chi connectivity index (χ0) is 13.7. The number of nitrogens with two attached hydrogens (primary N) is 1. The lowest BCUT2D eigenvalue weighted by Gasteiger charge is -2.41. The average molecular weight is 268 g/mol. The zero-order valence-electron chi connectivity index (χ0n) is 12.6. The smallest absolute Gasteiger partial charge is 0.0741 e. The zero-order valence-corrected chi connectivity index (χ0v) is 12.6. The minimum Gasteiger partial charge on any atom is -0.389 e. The van der Waals surface area contributed by atoms with Crippen molar-refractivity contribution in [2.75, 3.05) is 26.2 Å². The van der Waals surface area contributed by atoms with Gasteiger partial charge in [-0.3, -0.25) is 0 Å². The van der Waals surface area contributed by atoms with E-state index in [0.717, 1.165) is 24.7 Å². The lowest BCUT2D eigenvalue weighted by atomic mass is 9.75. The Bertz CT molecular complexity index is 267. The maximum Gasteiger partial charge on any atom is 0.0741 e.